The Bertz CT molecular complexity index is 1320. The van der Waals surface area contributed by atoms with Crippen molar-refractivity contribution in [2.75, 3.05) is 26.3 Å². The summed E-state index contributed by atoms with van der Waals surface area (Å²) in [6, 6.07) is 5.70. The molecule has 0 bridgehead atoms. The number of benzene rings is 2. The largest absolute Gasteiger partial charge is 0.428 e. The topological polar surface area (TPSA) is 62.8 Å². The Morgan fingerprint density at radius 1 is 1.03 bits per heavy atom. The van der Waals surface area contributed by atoms with Gasteiger partial charge in [0.25, 0.3) is 0 Å². The third-order valence-corrected chi connectivity index (χ3v) is 7.50. The second-order valence-corrected chi connectivity index (χ2v) is 10.2. The highest BCUT2D eigenvalue weighted by Gasteiger charge is 2.60. The molecule has 0 aromatic heterocycles. The van der Waals surface area contributed by atoms with E-state index in [-0.39, 0.29) is 42.0 Å². The highest BCUT2D eigenvalue weighted by Crippen LogP contribution is 2.50. The number of hydroxylamine groups is 1. The van der Waals surface area contributed by atoms with Crippen LogP contribution in [0.15, 0.2) is 42.5 Å². The lowest BCUT2D eigenvalue weighted by Gasteiger charge is -2.45. The van der Waals surface area contributed by atoms with Crippen molar-refractivity contribution in [2.45, 2.75) is 29.7 Å². The molecule has 1 unspecified atom stereocenters. The third kappa shape index (κ3) is 4.90. The number of rotatable bonds is 4. The molecule has 1 atom stereocenters. The van der Waals surface area contributed by atoms with E-state index in [4.69, 9.17) is 32.8 Å². The van der Waals surface area contributed by atoms with Crippen LogP contribution in [-0.4, -0.2) is 49.5 Å². The lowest BCUT2D eigenvalue weighted by molar-refractivity contribution is -0.269. The van der Waals surface area contributed by atoms with E-state index in [0.717, 1.165) is 0 Å². The van der Waals surface area contributed by atoms with E-state index in [0.29, 0.717) is 25.4 Å². The van der Waals surface area contributed by atoms with Crippen molar-refractivity contribution in [3.63, 3.8) is 0 Å². The van der Waals surface area contributed by atoms with E-state index < -0.39 is 50.8 Å². The molecule has 3 aliphatic rings. The zero-order valence-corrected chi connectivity index (χ0v) is 21.0. The average Bonchev–Trinajstić information content (AvgIpc) is 3.27. The summed E-state index contributed by atoms with van der Waals surface area (Å²) in [5.41, 5.74) is -5.45. The Balaban J connectivity index is 1.39. The maximum atomic E-state index is 15.3. The minimum Gasteiger partial charge on any atom is -0.377 e. The molecule has 6 nitrogen and oxygen atoms in total. The Morgan fingerprint density at radius 2 is 1.67 bits per heavy atom. The van der Waals surface area contributed by atoms with Crippen LogP contribution in [0.5, 0.6) is 0 Å². The van der Waals surface area contributed by atoms with E-state index in [1.807, 2.05) is 0 Å². The number of likely N-dealkylation sites (tertiary alicyclic amines) is 1. The molecule has 5 rings (SSSR count). The number of hydrogen-bond acceptors (Lipinski definition) is 4. The average molecular weight is 600 g/mol. The van der Waals surface area contributed by atoms with Crippen molar-refractivity contribution in [1.82, 2.24) is 15.7 Å². The summed E-state index contributed by atoms with van der Waals surface area (Å²) in [7, 11) is 0. The van der Waals surface area contributed by atoms with E-state index in [1.165, 1.54) is 29.2 Å². The van der Waals surface area contributed by atoms with Gasteiger partial charge in [-0.1, -0.05) is 47.5 Å². The first-order chi connectivity index (χ1) is 18.1. The van der Waals surface area contributed by atoms with Crippen LogP contribution in [0.3, 0.4) is 0 Å². The van der Waals surface area contributed by atoms with Crippen LogP contribution in [0.4, 0.5) is 35.5 Å². The summed E-state index contributed by atoms with van der Waals surface area (Å²) in [6.07, 6.45) is -9.72. The lowest BCUT2D eigenvalue weighted by atomic mass is 9.87. The molecule has 0 radical (unpaired) electrons. The van der Waals surface area contributed by atoms with Crippen LogP contribution < -0.4 is 10.8 Å². The monoisotopic (exact) mass is 599 g/mol. The summed E-state index contributed by atoms with van der Waals surface area (Å²) in [5.74, 6) is 0. The molecule has 2 saturated heterocycles. The van der Waals surface area contributed by atoms with Gasteiger partial charge in [-0.05, 0) is 29.3 Å². The molecule has 3 aliphatic heterocycles. The second-order valence-electron chi connectivity index (χ2n) is 9.40. The fourth-order valence-electron chi connectivity index (χ4n) is 4.41. The molecule has 0 spiro atoms. The minimum absolute atomic E-state index is 0.117. The van der Waals surface area contributed by atoms with Crippen LogP contribution in [0.1, 0.15) is 22.3 Å². The van der Waals surface area contributed by atoms with Gasteiger partial charge in [0.05, 0.1) is 53.7 Å². The van der Waals surface area contributed by atoms with Crippen LogP contribution in [0.25, 0.3) is 5.70 Å². The van der Waals surface area contributed by atoms with Gasteiger partial charge in [0, 0.05) is 5.56 Å². The second kappa shape index (κ2) is 9.43. The number of amides is 2. The molecule has 2 aromatic rings. The normalized spacial score (nSPS) is 23.0. The zero-order valence-electron chi connectivity index (χ0n) is 19.5. The maximum Gasteiger partial charge on any atom is 0.428 e. The van der Waals surface area contributed by atoms with Crippen LogP contribution in [0, 0.1) is 0 Å². The Kier molecular flexibility index (Phi) is 6.72. The summed E-state index contributed by atoms with van der Waals surface area (Å²) in [6.45, 7) is 0.344. The molecular formula is C24H18Cl2F7N3O3. The number of nitrogens with one attached hydrogen (secondary N) is 2. The van der Waals surface area contributed by atoms with Crippen molar-refractivity contribution < 1.29 is 45.1 Å². The highest BCUT2D eigenvalue weighted by atomic mass is 35.5. The Morgan fingerprint density at radius 3 is 2.21 bits per heavy atom. The van der Waals surface area contributed by atoms with E-state index in [9.17, 15) is 31.1 Å². The molecule has 210 valence electrons. The van der Waals surface area contributed by atoms with Crippen molar-refractivity contribution >= 4 is 34.9 Å². The number of ether oxygens (including phenoxy) is 1. The fourth-order valence-corrected chi connectivity index (χ4v) is 4.85. The number of carbonyl (C=O) groups excluding carboxylic acids is 1. The first kappa shape index (κ1) is 27.8. The number of hydrogen-bond donors (Lipinski definition) is 2. The van der Waals surface area contributed by atoms with Crippen molar-refractivity contribution in [1.29, 1.82) is 0 Å². The predicted molar refractivity (Wildman–Crippen MR) is 125 cm³/mol. The first-order valence-electron chi connectivity index (χ1n) is 11.4. The summed E-state index contributed by atoms with van der Waals surface area (Å²) in [5, 5.41) is 1.02. The number of urea groups is 1. The zero-order chi connectivity index (χ0) is 28.4. The third-order valence-electron chi connectivity index (χ3n) is 6.70. The number of alkyl halides is 7. The van der Waals surface area contributed by atoms with Gasteiger partial charge in [-0.25, -0.2) is 9.18 Å². The van der Waals surface area contributed by atoms with Gasteiger partial charge in [-0.15, -0.1) is 0 Å². The highest BCUT2D eigenvalue weighted by molar-refractivity contribution is 6.42. The SMILES string of the molecule is O=C(NC1COC1)N1CC(F)(c2ccc(C3=CC(c4cc(Cl)c(Cl)c(C(F)(F)F)c4)(C(F)(F)F)ON3)cc2)C1. The maximum absolute atomic E-state index is 15.3. The minimum atomic E-state index is -5.22. The molecule has 0 aliphatic carbocycles. The first-order valence-corrected chi connectivity index (χ1v) is 12.1. The van der Waals surface area contributed by atoms with E-state index in [1.54, 1.807) is 0 Å². The van der Waals surface area contributed by atoms with Crippen LogP contribution in [-0.2, 0) is 27.0 Å². The molecule has 15 heteroatoms. The van der Waals surface area contributed by atoms with Crippen molar-refractivity contribution in [2.24, 2.45) is 0 Å². The molecule has 39 heavy (non-hydrogen) atoms. The van der Waals surface area contributed by atoms with Gasteiger partial charge in [0.1, 0.15) is 0 Å². The van der Waals surface area contributed by atoms with Crippen LogP contribution >= 0.6 is 23.2 Å². The van der Waals surface area contributed by atoms with E-state index in [2.05, 4.69) is 10.8 Å². The predicted octanol–water partition coefficient (Wildman–Crippen LogP) is 5.93. The van der Waals surface area contributed by atoms with Crippen LogP contribution in [0.2, 0.25) is 10.0 Å². The summed E-state index contributed by atoms with van der Waals surface area (Å²) >= 11 is 11.3. The lowest BCUT2D eigenvalue weighted by Crippen LogP contribution is -2.63. The van der Waals surface area contributed by atoms with Crippen molar-refractivity contribution in [3.05, 3.63) is 74.8 Å². The molecule has 3 heterocycles. The molecule has 2 fully saturated rings. The molecular weight excluding hydrogens is 582 g/mol. The van der Waals surface area contributed by atoms with Gasteiger partial charge in [0.2, 0.25) is 5.60 Å². The molecule has 2 aromatic carbocycles. The summed E-state index contributed by atoms with van der Waals surface area (Å²) < 4.78 is 103. The Hall–Kier alpha value is -2.74. The van der Waals surface area contributed by atoms with Gasteiger partial charge < -0.3 is 15.0 Å². The fraction of sp³-hybridized carbons (Fsp3) is 0.375. The molecule has 2 N–H and O–H groups in total. The number of carbonyl (C=O) groups is 1. The number of halogens is 9. The standard InChI is InChI=1S/C24H18Cl2F7N3O3/c25-17-6-14(5-16(19(17)26)23(28,29)30)22(24(31,32)33)7-18(35-39-22)12-1-3-13(4-2-12)21(27)10-36(11-21)20(37)34-15-8-38-9-15/h1-7,15,35H,8-11H2,(H,34,37). The number of nitrogens with zero attached hydrogens (tertiary/aromatic N) is 1. The van der Waals surface area contributed by atoms with E-state index >= 15 is 4.39 Å². The Labute approximate surface area is 226 Å². The van der Waals surface area contributed by atoms with Gasteiger partial charge in [-0.2, -0.15) is 26.3 Å². The summed E-state index contributed by atoms with van der Waals surface area (Å²) in [4.78, 5) is 18.3. The molecule has 2 amide bonds. The smallest absolute Gasteiger partial charge is 0.377 e. The molecule has 0 saturated carbocycles. The quantitative estimate of drug-likeness (QED) is 0.427. The van der Waals surface area contributed by atoms with Gasteiger partial charge >= 0.3 is 18.4 Å². The van der Waals surface area contributed by atoms with Gasteiger partial charge in [-0.3, -0.25) is 10.3 Å². The van der Waals surface area contributed by atoms with Crippen molar-refractivity contribution in [3.8, 4) is 0 Å². The van der Waals surface area contributed by atoms with Gasteiger partial charge in [0.15, 0.2) is 5.67 Å².